The first kappa shape index (κ1) is 17.7. The first-order valence-corrected chi connectivity index (χ1v) is 8.69. The Balaban J connectivity index is 1.70. The Labute approximate surface area is 139 Å². The number of hydrogen-bond acceptors (Lipinski definition) is 4. The molecule has 0 saturated heterocycles. The number of carbonyl (C=O) groups excluding carboxylic acids is 1. The fourth-order valence-corrected chi connectivity index (χ4v) is 3.03. The molecule has 0 aromatic carbocycles. The molecule has 0 atom stereocenters. The van der Waals surface area contributed by atoms with Crippen LogP contribution in [0.15, 0.2) is 18.3 Å². The zero-order chi connectivity index (χ0) is 16.5. The third kappa shape index (κ3) is 6.99. The number of amides is 1. The van der Waals surface area contributed by atoms with Crippen molar-refractivity contribution in [3.05, 3.63) is 23.9 Å². The minimum Gasteiger partial charge on any atom is -0.391 e. The van der Waals surface area contributed by atoms with E-state index in [9.17, 15) is 4.79 Å². The van der Waals surface area contributed by atoms with E-state index in [1.54, 1.807) is 6.07 Å². The van der Waals surface area contributed by atoms with Crippen LogP contribution in [0.3, 0.4) is 0 Å². The van der Waals surface area contributed by atoms with Gasteiger partial charge in [0.2, 0.25) is 5.88 Å². The summed E-state index contributed by atoms with van der Waals surface area (Å²) in [4.78, 5) is 18.0. The highest BCUT2D eigenvalue weighted by molar-refractivity contribution is 5.69. The van der Waals surface area contributed by atoms with Gasteiger partial charge in [0, 0.05) is 18.8 Å². The van der Waals surface area contributed by atoms with Crippen molar-refractivity contribution in [2.45, 2.75) is 44.9 Å². The summed E-state index contributed by atoms with van der Waals surface area (Å²) >= 11 is 0. The first-order chi connectivity index (χ1) is 11.1. The molecule has 0 aliphatic heterocycles. The minimum atomic E-state index is -0.434. The molecule has 128 valence electrons. The quantitative estimate of drug-likeness (QED) is 0.784. The molecule has 1 aliphatic carbocycles. The van der Waals surface area contributed by atoms with Gasteiger partial charge in [-0.2, -0.15) is 0 Å². The molecule has 1 aromatic rings. The molecule has 23 heavy (non-hydrogen) atoms. The molecule has 5 heteroatoms. The molecule has 1 fully saturated rings. The highest BCUT2D eigenvalue weighted by Crippen LogP contribution is 2.26. The van der Waals surface area contributed by atoms with Crippen LogP contribution in [0.5, 0.6) is 5.88 Å². The summed E-state index contributed by atoms with van der Waals surface area (Å²) in [6, 6.07) is 3.81. The van der Waals surface area contributed by atoms with Gasteiger partial charge in [-0.15, -0.1) is 0 Å². The molecular weight excluding hydrogens is 290 g/mol. The molecule has 1 N–H and O–H groups in total. The van der Waals surface area contributed by atoms with E-state index in [0.717, 1.165) is 25.3 Å². The molecule has 1 saturated carbocycles. The van der Waals surface area contributed by atoms with Gasteiger partial charge in [0.25, 0.3) is 0 Å². The third-order valence-electron chi connectivity index (χ3n) is 4.30. The van der Waals surface area contributed by atoms with Gasteiger partial charge in [0.15, 0.2) is 0 Å². The number of hydrogen-bond donors (Lipinski definition) is 1. The van der Waals surface area contributed by atoms with Crippen molar-refractivity contribution < 1.29 is 9.53 Å². The van der Waals surface area contributed by atoms with Crippen molar-refractivity contribution >= 4 is 6.09 Å². The van der Waals surface area contributed by atoms with Gasteiger partial charge in [0.05, 0.1) is 0 Å². The Morgan fingerprint density at radius 3 is 2.74 bits per heavy atom. The second-order valence-corrected chi connectivity index (χ2v) is 6.69. The van der Waals surface area contributed by atoms with Crippen LogP contribution in [-0.4, -0.2) is 43.2 Å². The molecule has 0 unspecified atom stereocenters. The van der Waals surface area contributed by atoms with Crippen LogP contribution in [0, 0.1) is 5.92 Å². The molecular formula is C18H29N3O2. The lowest BCUT2D eigenvalue weighted by Crippen LogP contribution is -2.29. The molecule has 0 bridgehead atoms. The van der Waals surface area contributed by atoms with Crippen molar-refractivity contribution in [1.29, 1.82) is 0 Å². The molecule has 1 heterocycles. The summed E-state index contributed by atoms with van der Waals surface area (Å²) in [7, 11) is 4.02. The van der Waals surface area contributed by atoms with Crippen molar-refractivity contribution in [1.82, 2.24) is 15.2 Å². The second kappa shape index (κ2) is 9.50. The number of aromatic nitrogens is 1. The lowest BCUT2D eigenvalue weighted by molar-refractivity contribution is 0.198. The molecule has 1 aliphatic rings. The van der Waals surface area contributed by atoms with Crippen molar-refractivity contribution in [3.63, 3.8) is 0 Å². The van der Waals surface area contributed by atoms with Gasteiger partial charge in [-0.1, -0.05) is 38.2 Å². The standard InChI is InChI=1S/C18H29N3O2/c1-21(2)12-6-11-19-18(22)23-17-10-9-16(14-20-17)13-15-7-4-3-5-8-15/h9-10,14-15H,3-8,11-13H2,1-2H3,(H,19,22). The largest absolute Gasteiger partial charge is 0.413 e. The summed E-state index contributed by atoms with van der Waals surface area (Å²) in [5, 5.41) is 2.74. The van der Waals surface area contributed by atoms with Crippen LogP contribution in [0.25, 0.3) is 0 Å². The maximum atomic E-state index is 11.7. The molecule has 1 aromatic heterocycles. The zero-order valence-electron chi connectivity index (χ0n) is 14.4. The highest BCUT2D eigenvalue weighted by Gasteiger charge is 2.14. The topological polar surface area (TPSA) is 54.5 Å². The fourth-order valence-electron chi connectivity index (χ4n) is 3.03. The molecule has 1 amide bonds. The van der Waals surface area contributed by atoms with Crippen LogP contribution in [0.2, 0.25) is 0 Å². The van der Waals surface area contributed by atoms with Crippen LogP contribution >= 0.6 is 0 Å². The SMILES string of the molecule is CN(C)CCCNC(=O)Oc1ccc(CC2CCCCC2)cn1. The fraction of sp³-hybridized carbons (Fsp3) is 0.667. The molecule has 2 rings (SSSR count). The minimum absolute atomic E-state index is 0.363. The van der Waals surface area contributed by atoms with Gasteiger partial charge in [-0.25, -0.2) is 9.78 Å². The monoisotopic (exact) mass is 319 g/mol. The van der Waals surface area contributed by atoms with Crippen LogP contribution in [0.4, 0.5) is 4.79 Å². The molecule has 5 nitrogen and oxygen atoms in total. The van der Waals surface area contributed by atoms with Crippen molar-refractivity contribution in [2.24, 2.45) is 5.92 Å². The zero-order valence-corrected chi connectivity index (χ0v) is 14.4. The Kier molecular flexibility index (Phi) is 7.33. The number of nitrogens with zero attached hydrogens (tertiary/aromatic N) is 2. The Morgan fingerprint density at radius 2 is 2.09 bits per heavy atom. The van der Waals surface area contributed by atoms with E-state index in [2.05, 4.69) is 15.2 Å². The van der Waals surface area contributed by atoms with E-state index in [0.29, 0.717) is 12.4 Å². The Hall–Kier alpha value is -1.62. The van der Waals surface area contributed by atoms with Gasteiger partial charge >= 0.3 is 6.09 Å². The van der Waals surface area contributed by atoms with Gasteiger partial charge in [-0.05, 0) is 45.0 Å². The van der Waals surface area contributed by atoms with Gasteiger partial charge in [-0.3, -0.25) is 0 Å². The number of rotatable bonds is 7. The van der Waals surface area contributed by atoms with E-state index < -0.39 is 6.09 Å². The van der Waals surface area contributed by atoms with E-state index in [-0.39, 0.29) is 0 Å². The summed E-state index contributed by atoms with van der Waals surface area (Å²) < 4.78 is 5.19. The summed E-state index contributed by atoms with van der Waals surface area (Å²) in [5.41, 5.74) is 1.23. The summed E-state index contributed by atoms with van der Waals surface area (Å²) in [6.07, 6.45) is 10.1. The van der Waals surface area contributed by atoms with Crippen LogP contribution in [0.1, 0.15) is 44.1 Å². The number of carbonyl (C=O) groups is 1. The van der Waals surface area contributed by atoms with E-state index >= 15 is 0 Å². The molecule has 0 radical (unpaired) electrons. The summed E-state index contributed by atoms with van der Waals surface area (Å²) in [6.45, 7) is 1.55. The second-order valence-electron chi connectivity index (χ2n) is 6.69. The van der Waals surface area contributed by atoms with E-state index in [4.69, 9.17) is 4.74 Å². The predicted octanol–water partition coefficient (Wildman–Crippen LogP) is 3.24. The summed E-state index contributed by atoms with van der Waals surface area (Å²) in [5.74, 6) is 1.15. The highest BCUT2D eigenvalue weighted by atomic mass is 16.6. The van der Waals surface area contributed by atoms with Crippen LogP contribution < -0.4 is 10.1 Å². The number of ether oxygens (including phenoxy) is 1. The lowest BCUT2D eigenvalue weighted by Gasteiger charge is -2.21. The molecule has 0 spiro atoms. The maximum absolute atomic E-state index is 11.7. The average molecular weight is 319 g/mol. The van der Waals surface area contributed by atoms with E-state index in [1.165, 1.54) is 37.7 Å². The average Bonchev–Trinajstić information content (AvgIpc) is 2.54. The van der Waals surface area contributed by atoms with Gasteiger partial charge < -0.3 is 15.0 Å². The Bertz CT molecular complexity index is 468. The van der Waals surface area contributed by atoms with Crippen molar-refractivity contribution in [3.8, 4) is 5.88 Å². The maximum Gasteiger partial charge on any atom is 0.413 e. The van der Waals surface area contributed by atoms with Gasteiger partial charge in [0.1, 0.15) is 0 Å². The normalized spacial score (nSPS) is 15.6. The Morgan fingerprint density at radius 1 is 1.30 bits per heavy atom. The third-order valence-corrected chi connectivity index (χ3v) is 4.30. The lowest BCUT2D eigenvalue weighted by atomic mass is 9.85. The number of nitrogens with one attached hydrogen (secondary N) is 1. The first-order valence-electron chi connectivity index (χ1n) is 8.69. The van der Waals surface area contributed by atoms with Crippen LogP contribution in [-0.2, 0) is 6.42 Å². The predicted molar refractivity (Wildman–Crippen MR) is 91.7 cm³/mol. The van der Waals surface area contributed by atoms with Crippen molar-refractivity contribution in [2.75, 3.05) is 27.2 Å². The smallest absolute Gasteiger partial charge is 0.391 e. The number of pyridine rings is 1. The van der Waals surface area contributed by atoms with E-state index in [1.807, 2.05) is 26.4 Å².